The molecule has 0 saturated heterocycles. The molecule has 2 N–H and O–H groups in total. The van der Waals surface area contributed by atoms with Crippen LogP contribution in [0.3, 0.4) is 0 Å². The molecule has 20 heavy (non-hydrogen) atoms. The van der Waals surface area contributed by atoms with Crippen molar-refractivity contribution in [3.05, 3.63) is 11.7 Å². The molecule has 1 aromatic rings. The van der Waals surface area contributed by atoms with E-state index in [1.807, 2.05) is 0 Å². The normalized spacial score (nSPS) is 23.4. The quantitative estimate of drug-likeness (QED) is 0.867. The van der Waals surface area contributed by atoms with E-state index in [-0.39, 0.29) is 11.5 Å². The largest absolute Gasteiger partial charge is 0.339 e. The molecule has 0 amide bonds. The summed E-state index contributed by atoms with van der Waals surface area (Å²) < 4.78 is 5.49. The second-order valence-corrected chi connectivity index (χ2v) is 6.52. The summed E-state index contributed by atoms with van der Waals surface area (Å²) in [5.74, 6) is 1.80. The van der Waals surface area contributed by atoms with Gasteiger partial charge in [-0.1, -0.05) is 39.3 Å². The Morgan fingerprint density at radius 3 is 2.65 bits per heavy atom. The number of hydrogen-bond acceptors (Lipinski definition) is 5. The summed E-state index contributed by atoms with van der Waals surface area (Å²) in [6, 6.07) is -0.170. The Balaban J connectivity index is 2.05. The zero-order valence-corrected chi connectivity index (χ0v) is 13.2. The molecule has 5 heteroatoms. The van der Waals surface area contributed by atoms with Crippen LogP contribution in [-0.4, -0.2) is 34.7 Å². The number of hydrogen-bond donors (Lipinski definition) is 1. The fraction of sp³-hybridized carbons (Fsp3) is 0.867. The van der Waals surface area contributed by atoms with Crippen LogP contribution in [0.2, 0.25) is 0 Å². The van der Waals surface area contributed by atoms with Crippen LogP contribution in [0, 0.1) is 5.41 Å². The molecule has 2 atom stereocenters. The molecular formula is C15H28N4O. The molecule has 0 bridgehead atoms. The van der Waals surface area contributed by atoms with Crippen LogP contribution in [0.5, 0.6) is 0 Å². The van der Waals surface area contributed by atoms with Gasteiger partial charge < -0.3 is 15.2 Å². The summed E-state index contributed by atoms with van der Waals surface area (Å²) in [4.78, 5) is 6.86. The van der Waals surface area contributed by atoms with Gasteiger partial charge in [0, 0.05) is 12.5 Å². The lowest BCUT2D eigenvalue weighted by atomic mass is 9.82. The minimum absolute atomic E-state index is 0.170. The fourth-order valence-corrected chi connectivity index (χ4v) is 3.17. The van der Waals surface area contributed by atoms with Crippen molar-refractivity contribution in [2.45, 2.75) is 58.9 Å². The maximum absolute atomic E-state index is 6.20. The average molecular weight is 280 g/mol. The van der Waals surface area contributed by atoms with Crippen LogP contribution in [0.25, 0.3) is 0 Å². The lowest BCUT2D eigenvalue weighted by molar-refractivity contribution is 0.257. The van der Waals surface area contributed by atoms with Crippen LogP contribution in [-0.2, 0) is 0 Å². The number of rotatable bonds is 6. The van der Waals surface area contributed by atoms with Gasteiger partial charge in [0.1, 0.15) is 0 Å². The van der Waals surface area contributed by atoms with Gasteiger partial charge in [0.2, 0.25) is 5.89 Å². The van der Waals surface area contributed by atoms with Crippen molar-refractivity contribution in [3.8, 4) is 0 Å². The van der Waals surface area contributed by atoms with Crippen LogP contribution >= 0.6 is 0 Å². The molecule has 1 saturated carbocycles. The van der Waals surface area contributed by atoms with Gasteiger partial charge in [0.25, 0.3) is 0 Å². The standard InChI is InChI=1S/C15H28N4O/c1-5-19(6-2)10-12(16)13-17-14(20-18-13)11-8-7-9-15(11,3)4/h11-12H,5-10,16H2,1-4H3. The van der Waals surface area contributed by atoms with Gasteiger partial charge in [-0.3, -0.25) is 0 Å². The Bertz CT molecular complexity index is 425. The maximum atomic E-state index is 6.20. The summed E-state index contributed by atoms with van der Waals surface area (Å²) in [5, 5.41) is 4.11. The van der Waals surface area contributed by atoms with Crippen molar-refractivity contribution in [2.24, 2.45) is 11.1 Å². The molecule has 1 aliphatic rings. The van der Waals surface area contributed by atoms with Gasteiger partial charge in [-0.2, -0.15) is 4.98 Å². The second kappa shape index (κ2) is 6.22. The van der Waals surface area contributed by atoms with Crippen molar-refractivity contribution in [1.82, 2.24) is 15.0 Å². The maximum Gasteiger partial charge on any atom is 0.230 e. The van der Waals surface area contributed by atoms with E-state index in [4.69, 9.17) is 10.3 Å². The number of nitrogens with two attached hydrogens (primary N) is 1. The lowest BCUT2D eigenvalue weighted by Gasteiger charge is -2.23. The van der Waals surface area contributed by atoms with Gasteiger partial charge in [-0.15, -0.1) is 0 Å². The predicted octanol–water partition coefficient (Wildman–Crippen LogP) is 2.70. The Morgan fingerprint density at radius 1 is 1.40 bits per heavy atom. The van der Waals surface area contributed by atoms with Crippen molar-refractivity contribution in [3.63, 3.8) is 0 Å². The van der Waals surface area contributed by atoms with E-state index in [2.05, 4.69) is 42.7 Å². The van der Waals surface area contributed by atoms with E-state index < -0.39 is 0 Å². The van der Waals surface area contributed by atoms with Gasteiger partial charge in [0.05, 0.1) is 6.04 Å². The molecule has 0 aliphatic heterocycles. The minimum atomic E-state index is -0.170. The van der Waals surface area contributed by atoms with Crippen molar-refractivity contribution in [2.75, 3.05) is 19.6 Å². The smallest absolute Gasteiger partial charge is 0.230 e. The van der Waals surface area contributed by atoms with Gasteiger partial charge in [-0.25, -0.2) is 0 Å². The third kappa shape index (κ3) is 3.20. The molecule has 2 rings (SSSR count). The topological polar surface area (TPSA) is 68.2 Å². The van der Waals surface area contributed by atoms with Crippen LogP contribution in [0.15, 0.2) is 4.52 Å². The predicted molar refractivity (Wildman–Crippen MR) is 79.4 cm³/mol. The van der Waals surface area contributed by atoms with Crippen LogP contribution in [0.4, 0.5) is 0 Å². The van der Waals surface area contributed by atoms with Gasteiger partial charge >= 0.3 is 0 Å². The van der Waals surface area contributed by atoms with Gasteiger partial charge in [0.15, 0.2) is 5.82 Å². The summed E-state index contributed by atoms with van der Waals surface area (Å²) in [5.41, 5.74) is 6.46. The van der Waals surface area contributed by atoms with E-state index in [0.29, 0.717) is 11.7 Å². The number of likely N-dealkylation sites (N-methyl/N-ethyl adjacent to an activating group) is 1. The zero-order chi connectivity index (χ0) is 14.8. The summed E-state index contributed by atoms with van der Waals surface area (Å²) in [7, 11) is 0. The van der Waals surface area contributed by atoms with Crippen molar-refractivity contribution < 1.29 is 4.52 Å². The molecule has 0 radical (unpaired) electrons. The Morgan fingerprint density at radius 2 is 2.10 bits per heavy atom. The third-order valence-corrected chi connectivity index (χ3v) is 4.69. The first kappa shape index (κ1) is 15.4. The first-order valence-corrected chi connectivity index (χ1v) is 7.79. The lowest BCUT2D eigenvalue weighted by Crippen LogP contribution is -2.32. The number of nitrogens with zero attached hydrogens (tertiary/aromatic N) is 3. The van der Waals surface area contributed by atoms with E-state index in [0.717, 1.165) is 31.9 Å². The molecule has 1 heterocycles. The summed E-state index contributed by atoms with van der Waals surface area (Å²) in [6.07, 6.45) is 3.60. The summed E-state index contributed by atoms with van der Waals surface area (Å²) in [6.45, 7) is 11.6. The summed E-state index contributed by atoms with van der Waals surface area (Å²) >= 11 is 0. The fourth-order valence-electron chi connectivity index (χ4n) is 3.17. The highest BCUT2D eigenvalue weighted by atomic mass is 16.5. The molecule has 5 nitrogen and oxygen atoms in total. The Hall–Kier alpha value is -0.940. The van der Waals surface area contributed by atoms with E-state index in [1.165, 1.54) is 12.8 Å². The molecule has 114 valence electrons. The number of aromatic nitrogens is 2. The Labute approximate surface area is 121 Å². The molecule has 2 unspecified atom stereocenters. The van der Waals surface area contributed by atoms with Crippen molar-refractivity contribution in [1.29, 1.82) is 0 Å². The first-order valence-electron chi connectivity index (χ1n) is 7.79. The third-order valence-electron chi connectivity index (χ3n) is 4.69. The minimum Gasteiger partial charge on any atom is -0.339 e. The SMILES string of the molecule is CCN(CC)CC(N)c1noc(C2CCCC2(C)C)n1. The van der Waals surface area contributed by atoms with E-state index in [1.54, 1.807) is 0 Å². The molecule has 0 spiro atoms. The first-order chi connectivity index (χ1) is 9.47. The molecule has 1 aliphatic carbocycles. The average Bonchev–Trinajstić information content (AvgIpc) is 3.01. The van der Waals surface area contributed by atoms with Crippen LogP contribution < -0.4 is 5.73 Å². The van der Waals surface area contributed by atoms with E-state index >= 15 is 0 Å². The van der Waals surface area contributed by atoms with E-state index in [9.17, 15) is 0 Å². The molecule has 1 aromatic heterocycles. The molecular weight excluding hydrogens is 252 g/mol. The zero-order valence-electron chi connectivity index (χ0n) is 13.2. The Kier molecular flexibility index (Phi) is 4.81. The highest BCUT2D eigenvalue weighted by Gasteiger charge is 2.39. The van der Waals surface area contributed by atoms with Crippen molar-refractivity contribution >= 4 is 0 Å². The van der Waals surface area contributed by atoms with Gasteiger partial charge in [-0.05, 0) is 31.3 Å². The monoisotopic (exact) mass is 280 g/mol. The molecule has 0 aromatic carbocycles. The molecule has 1 fully saturated rings. The second-order valence-electron chi connectivity index (χ2n) is 6.52. The highest BCUT2D eigenvalue weighted by molar-refractivity contribution is 5.05. The highest BCUT2D eigenvalue weighted by Crippen LogP contribution is 2.48. The van der Waals surface area contributed by atoms with Crippen LogP contribution in [0.1, 0.15) is 70.6 Å².